The van der Waals surface area contributed by atoms with Crippen molar-refractivity contribution in [3.63, 3.8) is 0 Å². The summed E-state index contributed by atoms with van der Waals surface area (Å²) in [4.78, 5) is 16.4. The Morgan fingerprint density at radius 3 is 2.94 bits per heavy atom. The Bertz CT molecular complexity index is 539. The zero-order valence-corrected chi connectivity index (χ0v) is 10.7. The molecule has 0 aliphatic heterocycles. The van der Waals surface area contributed by atoms with Gasteiger partial charge in [-0.25, -0.2) is 9.78 Å². The Kier molecular flexibility index (Phi) is 3.76. The standard InChI is InChI=1S/C12H10ClNO2S/c1-2-16-12(15)11-14-7-10(17-11)8-5-3-4-6-9(8)13/h3-7H,2H2,1H3. The SMILES string of the molecule is CCOC(=O)c1ncc(-c2ccccc2Cl)s1. The van der Waals surface area contributed by atoms with Crippen LogP contribution in [0, 0.1) is 0 Å². The van der Waals surface area contributed by atoms with Crippen molar-refractivity contribution < 1.29 is 9.53 Å². The number of halogens is 1. The van der Waals surface area contributed by atoms with Crippen LogP contribution in [0.3, 0.4) is 0 Å². The number of esters is 1. The van der Waals surface area contributed by atoms with E-state index in [2.05, 4.69) is 4.98 Å². The third-order valence-corrected chi connectivity index (χ3v) is 3.44. The topological polar surface area (TPSA) is 39.2 Å². The average molecular weight is 268 g/mol. The first-order chi connectivity index (χ1) is 8.22. The van der Waals surface area contributed by atoms with Crippen LogP contribution in [-0.2, 0) is 4.74 Å². The van der Waals surface area contributed by atoms with Gasteiger partial charge in [-0.15, -0.1) is 11.3 Å². The van der Waals surface area contributed by atoms with Crippen molar-refractivity contribution in [3.05, 3.63) is 40.5 Å². The van der Waals surface area contributed by atoms with E-state index in [0.29, 0.717) is 16.6 Å². The maximum absolute atomic E-state index is 11.5. The van der Waals surface area contributed by atoms with E-state index in [1.807, 2.05) is 18.2 Å². The smallest absolute Gasteiger partial charge is 0.367 e. The van der Waals surface area contributed by atoms with Gasteiger partial charge in [-0.2, -0.15) is 0 Å². The van der Waals surface area contributed by atoms with Crippen molar-refractivity contribution in [2.24, 2.45) is 0 Å². The van der Waals surface area contributed by atoms with Gasteiger partial charge in [-0.3, -0.25) is 0 Å². The molecule has 3 nitrogen and oxygen atoms in total. The summed E-state index contributed by atoms with van der Waals surface area (Å²) in [5.41, 5.74) is 0.877. The summed E-state index contributed by atoms with van der Waals surface area (Å²) < 4.78 is 4.88. The molecule has 0 fully saturated rings. The highest BCUT2D eigenvalue weighted by atomic mass is 35.5. The molecule has 0 atom stereocenters. The van der Waals surface area contributed by atoms with Gasteiger partial charge < -0.3 is 4.74 Å². The Morgan fingerprint density at radius 2 is 2.24 bits per heavy atom. The van der Waals surface area contributed by atoms with Gasteiger partial charge in [0, 0.05) is 16.8 Å². The zero-order chi connectivity index (χ0) is 12.3. The van der Waals surface area contributed by atoms with Gasteiger partial charge in [0.05, 0.1) is 11.5 Å². The van der Waals surface area contributed by atoms with E-state index >= 15 is 0 Å². The molecule has 0 bridgehead atoms. The molecule has 0 unspecified atom stereocenters. The van der Waals surface area contributed by atoms with Crippen molar-refractivity contribution in [2.45, 2.75) is 6.92 Å². The quantitative estimate of drug-likeness (QED) is 0.797. The average Bonchev–Trinajstić information content (AvgIpc) is 2.79. The van der Waals surface area contributed by atoms with Gasteiger partial charge in [0.1, 0.15) is 0 Å². The predicted octanol–water partition coefficient (Wildman–Crippen LogP) is 3.64. The Morgan fingerprint density at radius 1 is 1.47 bits per heavy atom. The van der Waals surface area contributed by atoms with Gasteiger partial charge in [0.15, 0.2) is 0 Å². The molecule has 0 aliphatic carbocycles. The fraction of sp³-hybridized carbons (Fsp3) is 0.167. The molecule has 2 rings (SSSR count). The van der Waals surface area contributed by atoms with E-state index in [9.17, 15) is 4.79 Å². The largest absolute Gasteiger partial charge is 0.461 e. The number of nitrogens with zero attached hydrogens (tertiary/aromatic N) is 1. The Balaban J connectivity index is 2.30. The zero-order valence-electron chi connectivity index (χ0n) is 9.14. The third-order valence-electron chi connectivity index (χ3n) is 2.10. The lowest BCUT2D eigenvalue weighted by atomic mass is 10.2. The Labute approximate surface area is 108 Å². The number of thiazole rings is 1. The second-order valence-corrected chi connectivity index (χ2v) is 4.67. The molecule has 2 aromatic rings. The van der Waals surface area contributed by atoms with E-state index < -0.39 is 5.97 Å². The molecule has 0 aliphatic rings. The van der Waals surface area contributed by atoms with Crippen LogP contribution in [-0.4, -0.2) is 17.6 Å². The molecule has 5 heteroatoms. The van der Waals surface area contributed by atoms with E-state index in [1.54, 1.807) is 19.2 Å². The van der Waals surface area contributed by atoms with Crippen LogP contribution < -0.4 is 0 Å². The summed E-state index contributed by atoms with van der Waals surface area (Å²) in [7, 11) is 0. The summed E-state index contributed by atoms with van der Waals surface area (Å²) in [5.74, 6) is -0.393. The van der Waals surface area contributed by atoms with Gasteiger partial charge in [0.25, 0.3) is 0 Å². The van der Waals surface area contributed by atoms with Crippen LogP contribution in [0.25, 0.3) is 10.4 Å². The van der Waals surface area contributed by atoms with Crippen LogP contribution in [0.5, 0.6) is 0 Å². The van der Waals surface area contributed by atoms with Crippen molar-refractivity contribution in [1.29, 1.82) is 0 Å². The molecule has 0 spiro atoms. The highest BCUT2D eigenvalue weighted by Gasteiger charge is 2.13. The summed E-state index contributed by atoms with van der Waals surface area (Å²) in [6.45, 7) is 2.11. The lowest BCUT2D eigenvalue weighted by Crippen LogP contribution is -2.03. The molecule has 0 saturated carbocycles. The molecule has 0 amide bonds. The molecule has 0 saturated heterocycles. The lowest BCUT2D eigenvalue weighted by molar-refractivity contribution is 0.0526. The van der Waals surface area contributed by atoms with E-state index in [4.69, 9.17) is 16.3 Å². The first kappa shape index (κ1) is 12.1. The minimum atomic E-state index is -0.393. The van der Waals surface area contributed by atoms with Crippen molar-refractivity contribution in [1.82, 2.24) is 4.98 Å². The fourth-order valence-corrected chi connectivity index (χ4v) is 2.49. The predicted molar refractivity (Wildman–Crippen MR) is 68.5 cm³/mol. The van der Waals surface area contributed by atoms with Gasteiger partial charge >= 0.3 is 5.97 Å². The van der Waals surface area contributed by atoms with E-state index in [1.165, 1.54) is 11.3 Å². The van der Waals surface area contributed by atoms with Crippen LogP contribution in [0.15, 0.2) is 30.5 Å². The monoisotopic (exact) mass is 267 g/mol. The van der Waals surface area contributed by atoms with Crippen molar-refractivity contribution >= 4 is 28.9 Å². The Hall–Kier alpha value is -1.39. The first-order valence-corrected chi connectivity index (χ1v) is 6.29. The highest BCUT2D eigenvalue weighted by Crippen LogP contribution is 2.31. The lowest BCUT2D eigenvalue weighted by Gasteiger charge is -1.98. The summed E-state index contributed by atoms with van der Waals surface area (Å²) in [5, 5.41) is 0.994. The molecular weight excluding hydrogens is 258 g/mol. The second-order valence-electron chi connectivity index (χ2n) is 3.23. The van der Waals surface area contributed by atoms with Crippen LogP contribution in [0.1, 0.15) is 16.7 Å². The number of hydrogen-bond acceptors (Lipinski definition) is 4. The maximum Gasteiger partial charge on any atom is 0.367 e. The summed E-state index contributed by atoms with van der Waals surface area (Å²) >= 11 is 7.35. The third kappa shape index (κ3) is 2.65. The number of carbonyl (C=O) groups is 1. The molecule has 0 N–H and O–H groups in total. The van der Waals surface area contributed by atoms with E-state index in [-0.39, 0.29) is 0 Å². The second kappa shape index (κ2) is 5.29. The minimum absolute atomic E-state index is 0.347. The van der Waals surface area contributed by atoms with Crippen molar-refractivity contribution in [2.75, 3.05) is 6.61 Å². The normalized spacial score (nSPS) is 10.2. The molecule has 17 heavy (non-hydrogen) atoms. The van der Waals surface area contributed by atoms with Gasteiger partial charge in [-0.1, -0.05) is 29.8 Å². The van der Waals surface area contributed by atoms with Crippen LogP contribution in [0.2, 0.25) is 5.02 Å². The minimum Gasteiger partial charge on any atom is -0.461 e. The number of hydrogen-bond donors (Lipinski definition) is 0. The molecule has 88 valence electrons. The van der Waals surface area contributed by atoms with Crippen LogP contribution in [0.4, 0.5) is 0 Å². The first-order valence-electron chi connectivity index (χ1n) is 5.10. The maximum atomic E-state index is 11.5. The van der Waals surface area contributed by atoms with Crippen molar-refractivity contribution in [3.8, 4) is 10.4 Å². The number of aromatic nitrogens is 1. The van der Waals surface area contributed by atoms with Crippen LogP contribution >= 0.6 is 22.9 Å². The summed E-state index contributed by atoms with van der Waals surface area (Å²) in [6.07, 6.45) is 1.64. The number of benzene rings is 1. The highest BCUT2D eigenvalue weighted by molar-refractivity contribution is 7.16. The molecule has 1 aromatic heterocycles. The fourth-order valence-electron chi connectivity index (χ4n) is 1.35. The summed E-state index contributed by atoms with van der Waals surface area (Å²) in [6, 6.07) is 7.45. The molecular formula is C12H10ClNO2S. The number of ether oxygens (including phenoxy) is 1. The molecule has 1 aromatic carbocycles. The van der Waals surface area contributed by atoms with E-state index in [0.717, 1.165) is 10.4 Å². The van der Waals surface area contributed by atoms with Gasteiger partial charge in [0.2, 0.25) is 5.01 Å². The number of rotatable bonds is 3. The number of carbonyl (C=O) groups excluding carboxylic acids is 1. The molecule has 0 radical (unpaired) electrons. The van der Waals surface area contributed by atoms with Gasteiger partial charge in [-0.05, 0) is 13.0 Å². The molecule has 1 heterocycles.